The van der Waals surface area contributed by atoms with Gasteiger partial charge in [0, 0.05) is 15.6 Å². The largest absolute Gasteiger partial charge is 0.486 e. The molecule has 0 unspecified atom stereocenters. The lowest BCUT2D eigenvalue weighted by atomic mass is 9.86. The smallest absolute Gasteiger partial charge is 0.244 e. The third kappa shape index (κ3) is 7.57. The summed E-state index contributed by atoms with van der Waals surface area (Å²) in [5, 5.41) is 5.20. The van der Waals surface area contributed by atoms with Crippen molar-refractivity contribution in [1.82, 2.24) is 5.43 Å². The van der Waals surface area contributed by atoms with Crippen molar-refractivity contribution in [2.45, 2.75) is 39.2 Å². The first-order valence-corrected chi connectivity index (χ1v) is 12.8. The number of rotatable bonds is 7. The van der Waals surface area contributed by atoms with Crippen LogP contribution in [0.1, 0.15) is 43.0 Å². The maximum atomic E-state index is 12.3. The van der Waals surface area contributed by atoms with E-state index in [0.29, 0.717) is 15.8 Å². The van der Waals surface area contributed by atoms with Crippen LogP contribution in [0.5, 0.6) is 5.75 Å². The predicted octanol–water partition coefficient (Wildman–Crippen LogP) is 8.09. The van der Waals surface area contributed by atoms with Crippen molar-refractivity contribution in [1.29, 1.82) is 0 Å². The number of hydrogen-bond acceptors (Lipinski definition) is 3. The number of ether oxygens (including phenoxy) is 1. The van der Waals surface area contributed by atoms with E-state index >= 15 is 0 Å². The van der Waals surface area contributed by atoms with Gasteiger partial charge in [-0.05, 0) is 78.2 Å². The highest BCUT2D eigenvalue weighted by Gasteiger charge is 2.13. The van der Waals surface area contributed by atoms with Crippen LogP contribution in [0.2, 0.25) is 10.0 Å². The molecule has 8 heteroatoms. The fourth-order valence-electron chi connectivity index (χ4n) is 3.11. The molecule has 1 amide bonds. The predicted molar refractivity (Wildman–Crippen MR) is 147 cm³/mol. The van der Waals surface area contributed by atoms with E-state index in [1.807, 2.05) is 30.3 Å². The van der Waals surface area contributed by atoms with Gasteiger partial charge in [0.1, 0.15) is 12.4 Å². The normalized spacial score (nSPS) is 11.6. The van der Waals surface area contributed by atoms with E-state index in [0.717, 1.165) is 25.6 Å². The molecule has 4 nitrogen and oxygen atoms in total. The second kappa shape index (κ2) is 11.7. The molecule has 3 rings (SSSR count). The molecular formula is C26H24Br2Cl2N2O2. The van der Waals surface area contributed by atoms with E-state index in [1.54, 1.807) is 18.3 Å². The summed E-state index contributed by atoms with van der Waals surface area (Å²) >= 11 is 19.2. The Morgan fingerprint density at radius 2 is 1.68 bits per heavy atom. The zero-order valence-electron chi connectivity index (χ0n) is 19.0. The van der Waals surface area contributed by atoms with Gasteiger partial charge in [-0.3, -0.25) is 4.79 Å². The van der Waals surface area contributed by atoms with E-state index in [1.165, 1.54) is 5.56 Å². The molecule has 3 aromatic rings. The van der Waals surface area contributed by atoms with Gasteiger partial charge in [0.05, 0.1) is 21.6 Å². The molecule has 34 heavy (non-hydrogen) atoms. The molecule has 0 bridgehead atoms. The minimum atomic E-state index is -0.183. The first-order valence-electron chi connectivity index (χ1n) is 10.5. The summed E-state index contributed by atoms with van der Waals surface area (Å²) in [7, 11) is 0. The average Bonchev–Trinajstić information content (AvgIpc) is 2.74. The van der Waals surface area contributed by atoms with Crippen LogP contribution in [-0.2, 0) is 23.2 Å². The summed E-state index contributed by atoms with van der Waals surface area (Å²) in [6.45, 7) is 6.77. The van der Waals surface area contributed by atoms with Crippen LogP contribution in [0.3, 0.4) is 0 Å². The van der Waals surface area contributed by atoms with Crippen LogP contribution in [0.25, 0.3) is 0 Å². The average molecular weight is 627 g/mol. The summed E-state index contributed by atoms with van der Waals surface area (Å²) < 4.78 is 7.40. The molecule has 0 radical (unpaired) electrons. The van der Waals surface area contributed by atoms with Crippen LogP contribution < -0.4 is 10.2 Å². The lowest BCUT2D eigenvalue weighted by Crippen LogP contribution is -2.20. The maximum absolute atomic E-state index is 12.3. The van der Waals surface area contributed by atoms with Crippen molar-refractivity contribution >= 4 is 67.2 Å². The molecule has 0 heterocycles. The van der Waals surface area contributed by atoms with E-state index in [-0.39, 0.29) is 24.3 Å². The van der Waals surface area contributed by atoms with Gasteiger partial charge in [-0.2, -0.15) is 5.10 Å². The first-order chi connectivity index (χ1) is 16.0. The van der Waals surface area contributed by atoms with Gasteiger partial charge < -0.3 is 4.74 Å². The monoisotopic (exact) mass is 624 g/mol. The number of nitrogens with one attached hydrogen (secondary N) is 1. The van der Waals surface area contributed by atoms with Crippen LogP contribution in [0.4, 0.5) is 0 Å². The van der Waals surface area contributed by atoms with Crippen molar-refractivity contribution in [2.75, 3.05) is 0 Å². The Labute approximate surface area is 226 Å². The van der Waals surface area contributed by atoms with Crippen molar-refractivity contribution in [3.63, 3.8) is 0 Å². The van der Waals surface area contributed by atoms with Crippen molar-refractivity contribution < 1.29 is 9.53 Å². The minimum Gasteiger partial charge on any atom is -0.486 e. The van der Waals surface area contributed by atoms with Gasteiger partial charge in [-0.25, -0.2) is 5.43 Å². The van der Waals surface area contributed by atoms with Crippen molar-refractivity contribution in [3.05, 3.63) is 95.8 Å². The zero-order chi connectivity index (χ0) is 24.9. The summed E-state index contributed by atoms with van der Waals surface area (Å²) in [5.74, 6) is 0.448. The second-order valence-electron chi connectivity index (χ2n) is 8.75. The molecule has 1 N–H and O–H groups in total. The Morgan fingerprint density at radius 1 is 1.03 bits per heavy atom. The van der Waals surface area contributed by atoms with Gasteiger partial charge in [-0.1, -0.05) is 74.3 Å². The molecule has 0 aliphatic heterocycles. The number of carbonyl (C=O) groups excluding carboxylic acids is 1. The quantitative estimate of drug-likeness (QED) is 0.213. The number of hydrogen-bond donors (Lipinski definition) is 1. The van der Waals surface area contributed by atoms with Crippen LogP contribution >= 0.6 is 55.1 Å². The molecule has 0 atom stereocenters. The maximum Gasteiger partial charge on any atom is 0.244 e. The Hall–Kier alpha value is -1.86. The molecule has 0 aromatic heterocycles. The molecule has 0 spiro atoms. The van der Waals surface area contributed by atoms with Gasteiger partial charge in [-0.15, -0.1) is 0 Å². The number of carbonyl (C=O) groups is 1. The van der Waals surface area contributed by atoms with E-state index in [2.05, 4.69) is 75.3 Å². The minimum absolute atomic E-state index is 0.0805. The number of nitrogens with zero attached hydrogens (tertiary/aromatic N) is 1. The second-order valence-corrected chi connectivity index (χ2v) is 11.3. The zero-order valence-corrected chi connectivity index (χ0v) is 23.6. The highest BCUT2D eigenvalue weighted by atomic mass is 79.9. The van der Waals surface area contributed by atoms with E-state index in [9.17, 15) is 4.79 Å². The Bertz CT molecular complexity index is 1180. The molecular weight excluding hydrogens is 603 g/mol. The molecule has 178 valence electrons. The van der Waals surface area contributed by atoms with Gasteiger partial charge in [0.15, 0.2) is 0 Å². The van der Waals surface area contributed by atoms with Crippen LogP contribution in [0.15, 0.2) is 68.6 Å². The summed E-state index contributed by atoms with van der Waals surface area (Å²) in [5.41, 5.74) is 6.44. The van der Waals surface area contributed by atoms with Gasteiger partial charge in [0.25, 0.3) is 0 Å². The lowest BCUT2D eigenvalue weighted by Gasteiger charge is -2.19. The first kappa shape index (κ1) is 26.7. The lowest BCUT2D eigenvalue weighted by molar-refractivity contribution is -0.120. The summed E-state index contributed by atoms with van der Waals surface area (Å²) in [4.78, 5) is 12.3. The Balaban J connectivity index is 1.58. The van der Waals surface area contributed by atoms with Crippen LogP contribution in [0, 0.1) is 0 Å². The fraction of sp³-hybridized carbons (Fsp3) is 0.231. The van der Waals surface area contributed by atoms with E-state index < -0.39 is 0 Å². The van der Waals surface area contributed by atoms with Crippen LogP contribution in [-0.4, -0.2) is 12.1 Å². The fourth-order valence-corrected chi connectivity index (χ4v) is 5.02. The van der Waals surface area contributed by atoms with Gasteiger partial charge >= 0.3 is 0 Å². The summed E-state index contributed by atoms with van der Waals surface area (Å²) in [6.07, 6.45) is 1.84. The topological polar surface area (TPSA) is 50.7 Å². The molecule has 0 aliphatic carbocycles. The molecule has 0 aliphatic rings. The molecule has 3 aromatic carbocycles. The highest BCUT2D eigenvalue weighted by molar-refractivity contribution is 9.11. The number of halogens is 4. The van der Waals surface area contributed by atoms with E-state index in [4.69, 9.17) is 27.9 Å². The standard InChI is InChI=1S/C26H24Br2Cl2N2O2/c1-26(2,3)19-7-4-16(5-8-19)12-24(33)32-31-14-17-10-21(27)25(22(28)11-17)34-15-18-6-9-20(29)13-23(18)30/h4-11,13-14H,12,15H2,1-3H3,(H,32,33)/b31-14-. The van der Waals surface area contributed by atoms with Crippen molar-refractivity contribution in [3.8, 4) is 5.75 Å². The highest BCUT2D eigenvalue weighted by Crippen LogP contribution is 2.35. The number of benzene rings is 3. The third-order valence-corrected chi connectivity index (χ3v) is 6.76. The number of hydrazone groups is 1. The SMILES string of the molecule is CC(C)(C)c1ccc(CC(=O)N/N=C\c2cc(Br)c(OCc3ccc(Cl)cc3Cl)c(Br)c2)cc1. The molecule has 0 fully saturated rings. The number of amides is 1. The third-order valence-electron chi connectivity index (χ3n) is 5.00. The molecule has 0 saturated carbocycles. The van der Waals surface area contributed by atoms with Crippen molar-refractivity contribution in [2.24, 2.45) is 5.10 Å². The Morgan fingerprint density at radius 3 is 2.26 bits per heavy atom. The molecule has 0 saturated heterocycles. The van der Waals surface area contributed by atoms with Gasteiger partial charge in [0.2, 0.25) is 5.91 Å². The summed E-state index contributed by atoms with van der Waals surface area (Å²) in [6, 6.07) is 17.1. The Kier molecular flexibility index (Phi) is 9.21.